The van der Waals surface area contributed by atoms with Crippen LogP contribution in [0.4, 0.5) is 10.8 Å². The van der Waals surface area contributed by atoms with Crippen LogP contribution in [0.3, 0.4) is 0 Å². The SMILES string of the molecule is COc1ccc(Cc2nnc(NC(=O)c3ccc(NC(=O)c4ccccc4)cc3)s2)cc1. The highest BCUT2D eigenvalue weighted by Crippen LogP contribution is 2.21. The maximum absolute atomic E-state index is 12.5. The van der Waals surface area contributed by atoms with Crippen molar-refractivity contribution in [2.45, 2.75) is 6.42 Å². The first kappa shape index (κ1) is 21.2. The summed E-state index contributed by atoms with van der Waals surface area (Å²) in [5.41, 5.74) is 2.70. The average molecular weight is 445 g/mol. The third-order valence-electron chi connectivity index (χ3n) is 4.64. The molecule has 4 rings (SSSR count). The number of aromatic nitrogens is 2. The number of rotatable bonds is 7. The molecule has 0 aliphatic rings. The number of nitrogens with one attached hydrogen (secondary N) is 2. The molecule has 0 saturated heterocycles. The van der Waals surface area contributed by atoms with Gasteiger partial charge in [0.25, 0.3) is 11.8 Å². The Balaban J connectivity index is 1.34. The standard InChI is InChI=1S/C24H20N4O3S/c1-31-20-13-7-16(8-14-20)15-21-27-28-24(32-21)26-23(30)18-9-11-19(12-10-18)25-22(29)17-5-3-2-4-6-17/h2-14H,15H2,1H3,(H,25,29)(H,26,28,30). The third-order valence-corrected chi connectivity index (χ3v) is 5.48. The van der Waals surface area contributed by atoms with E-state index in [-0.39, 0.29) is 11.8 Å². The lowest BCUT2D eigenvalue weighted by atomic mass is 10.1. The summed E-state index contributed by atoms with van der Waals surface area (Å²) in [5.74, 6) is 0.295. The van der Waals surface area contributed by atoms with Gasteiger partial charge in [-0.3, -0.25) is 14.9 Å². The Morgan fingerprint density at radius 3 is 2.16 bits per heavy atom. The van der Waals surface area contributed by atoms with Crippen LogP contribution < -0.4 is 15.4 Å². The number of amides is 2. The monoisotopic (exact) mass is 444 g/mol. The van der Waals surface area contributed by atoms with Crippen molar-refractivity contribution in [3.05, 3.63) is 101 Å². The number of ether oxygens (including phenoxy) is 1. The second-order valence-electron chi connectivity index (χ2n) is 6.88. The molecule has 7 nitrogen and oxygen atoms in total. The van der Waals surface area contributed by atoms with Gasteiger partial charge in [-0.15, -0.1) is 10.2 Å². The van der Waals surface area contributed by atoms with Crippen LogP contribution in [-0.2, 0) is 6.42 Å². The number of hydrogen-bond acceptors (Lipinski definition) is 6. The lowest BCUT2D eigenvalue weighted by Crippen LogP contribution is -2.13. The van der Waals surface area contributed by atoms with Gasteiger partial charge in [-0.05, 0) is 54.1 Å². The minimum Gasteiger partial charge on any atom is -0.497 e. The summed E-state index contributed by atoms with van der Waals surface area (Å²) in [6.07, 6.45) is 0.618. The van der Waals surface area contributed by atoms with Gasteiger partial charge in [0.15, 0.2) is 0 Å². The fourth-order valence-corrected chi connectivity index (χ4v) is 3.73. The van der Waals surface area contributed by atoms with Crippen molar-refractivity contribution in [2.24, 2.45) is 0 Å². The topological polar surface area (TPSA) is 93.2 Å². The highest BCUT2D eigenvalue weighted by Gasteiger charge is 2.12. The van der Waals surface area contributed by atoms with Crippen molar-refractivity contribution in [1.82, 2.24) is 10.2 Å². The van der Waals surface area contributed by atoms with Gasteiger partial charge >= 0.3 is 0 Å². The average Bonchev–Trinajstić information content (AvgIpc) is 3.27. The predicted molar refractivity (Wildman–Crippen MR) is 124 cm³/mol. The third kappa shape index (κ3) is 5.35. The zero-order valence-electron chi connectivity index (χ0n) is 17.2. The molecule has 160 valence electrons. The maximum atomic E-state index is 12.5. The van der Waals surface area contributed by atoms with Crippen molar-refractivity contribution in [1.29, 1.82) is 0 Å². The quantitative estimate of drug-likeness (QED) is 0.433. The number of methoxy groups -OCH3 is 1. The number of nitrogens with zero attached hydrogens (tertiary/aromatic N) is 2. The fraction of sp³-hybridized carbons (Fsp3) is 0.0833. The zero-order chi connectivity index (χ0) is 22.3. The highest BCUT2D eigenvalue weighted by atomic mass is 32.1. The molecule has 0 fully saturated rings. The Labute approximate surface area is 189 Å². The van der Waals surface area contributed by atoms with Crippen LogP contribution in [0.2, 0.25) is 0 Å². The molecule has 0 atom stereocenters. The molecule has 8 heteroatoms. The smallest absolute Gasteiger partial charge is 0.257 e. The number of hydrogen-bond donors (Lipinski definition) is 2. The minimum absolute atomic E-state index is 0.207. The first-order chi connectivity index (χ1) is 15.6. The van der Waals surface area contributed by atoms with Gasteiger partial charge in [0.1, 0.15) is 10.8 Å². The van der Waals surface area contributed by atoms with Gasteiger partial charge in [0.05, 0.1) is 7.11 Å². The van der Waals surface area contributed by atoms with Crippen molar-refractivity contribution in [3.63, 3.8) is 0 Å². The van der Waals surface area contributed by atoms with E-state index in [0.717, 1.165) is 16.3 Å². The molecule has 0 spiro atoms. The minimum atomic E-state index is -0.293. The molecule has 2 amide bonds. The number of anilines is 2. The van der Waals surface area contributed by atoms with Gasteiger partial charge < -0.3 is 10.1 Å². The zero-order valence-corrected chi connectivity index (χ0v) is 18.1. The van der Waals surface area contributed by atoms with Crippen molar-refractivity contribution in [2.75, 3.05) is 17.7 Å². The van der Waals surface area contributed by atoms with Crippen LogP contribution in [0, 0.1) is 0 Å². The van der Waals surface area contributed by atoms with Crippen molar-refractivity contribution >= 4 is 34.0 Å². The lowest BCUT2D eigenvalue weighted by Gasteiger charge is -2.06. The van der Waals surface area contributed by atoms with Crippen LogP contribution >= 0.6 is 11.3 Å². The summed E-state index contributed by atoms with van der Waals surface area (Å²) in [7, 11) is 1.63. The molecule has 0 unspecified atom stereocenters. The summed E-state index contributed by atoms with van der Waals surface area (Å²) >= 11 is 1.33. The summed E-state index contributed by atoms with van der Waals surface area (Å²) in [6, 6.07) is 23.3. The summed E-state index contributed by atoms with van der Waals surface area (Å²) in [5, 5.41) is 15.0. The summed E-state index contributed by atoms with van der Waals surface area (Å²) < 4.78 is 5.16. The van der Waals surface area contributed by atoms with E-state index >= 15 is 0 Å². The molecular weight excluding hydrogens is 424 g/mol. The first-order valence-electron chi connectivity index (χ1n) is 9.84. The Bertz CT molecular complexity index is 1210. The Morgan fingerprint density at radius 1 is 0.812 bits per heavy atom. The van der Waals surface area contributed by atoms with Crippen LogP contribution in [0.15, 0.2) is 78.9 Å². The Hall–Kier alpha value is -4.04. The molecular formula is C24H20N4O3S. The molecule has 1 heterocycles. The van der Waals surface area contributed by atoms with Gasteiger partial charge in [0, 0.05) is 23.2 Å². The van der Waals surface area contributed by atoms with E-state index in [0.29, 0.717) is 28.4 Å². The first-order valence-corrected chi connectivity index (χ1v) is 10.7. The fourth-order valence-electron chi connectivity index (χ4n) is 2.96. The molecule has 0 bridgehead atoms. The molecule has 1 aromatic heterocycles. The van der Waals surface area contributed by atoms with Crippen LogP contribution in [0.1, 0.15) is 31.3 Å². The number of carbonyl (C=O) groups is 2. The predicted octanol–water partition coefficient (Wildman–Crippen LogP) is 4.64. The number of carbonyl (C=O) groups excluding carboxylic acids is 2. The van der Waals surface area contributed by atoms with Gasteiger partial charge in [-0.2, -0.15) is 0 Å². The van der Waals surface area contributed by atoms with E-state index in [1.165, 1.54) is 11.3 Å². The molecule has 0 aliphatic heterocycles. The van der Waals surface area contributed by atoms with E-state index in [1.807, 2.05) is 30.3 Å². The largest absolute Gasteiger partial charge is 0.497 e. The second kappa shape index (κ2) is 9.84. The van der Waals surface area contributed by atoms with Gasteiger partial charge in [-0.1, -0.05) is 41.7 Å². The van der Waals surface area contributed by atoms with Crippen molar-refractivity contribution < 1.29 is 14.3 Å². The molecule has 4 aromatic rings. The van der Waals surface area contributed by atoms with Crippen LogP contribution in [0.5, 0.6) is 5.75 Å². The Morgan fingerprint density at radius 2 is 1.47 bits per heavy atom. The number of benzene rings is 3. The molecule has 0 radical (unpaired) electrons. The van der Waals surface area contributed by atoms with Gasteiger partial charge in [-0.25, -0.2) is 0 Å². The molecule has 32 heavy (non-hydrogen) atoms. The molecule has 0 saturated carbocycles. The van der Waals surface area contributed by atoms with Crippen LogP contribution in [0.25, 0.3) is 0 Å². The van der Waals surface area contributed by atoms with E-state index in [9.17, 15) is 9.59 Å². The normalized spacial score (nSPS) is 10.4. The van der Waals surface area contributed by atoms with Gasteiger partial charge in [0.2, 0.25) is 5.13 Å². The van der Waals surface area contributed by atoms with E-state index in [2.05, 4.69) is 20.8 Å². The highest BCUT2D eigenvalue weighted by molar-refractivity contribution is 7.15. The van der Waals surface area contributed by atoms with E-state index in [4.69, 9.17) is 4.74 Å². The maximum Gasteiger partial charge on any atom is 0.257 e. The van der Waals surface area contributed by atoms with E-state index < -0.39 is 0 Å². The summed E-state index contributed by atoms with van der Waals surface area (Å²) in [4.78, 5) is 24.8. The van der Waals surface area contributed by atoms with Crippen LogP contribution in [-0.4, -0.2) is 29.1 Å². The molecule has 0 aliphatic carbocycles. The molecule has 2 N–H and O–H groups in total. The summed E-state index contributed by atoms with van der Waals surface area (Å²) in [6.45, 7) is 0. The second-order valence-corrected chi connectivity index (χ2v) is 7.94. The Kier molecular flexibility index (Phi) is 6.52. The lowest BCUT2D eigenvalue weighted by molar-refractivity contribution is 0.102. The van der Waals surface area contributed by atoms with Crippen molar-refractivity contribution in [3.8, 4) is 5.75 Å². The van der Waals surface area contributed by atoms with E-state index in [1.54, 1.807) is 55.6 Å². The molecule has 3 aromatic carbocycles.